The van der Waals surface area contributed by atoms with Crippen molar-refractivity contribution in [3.05, 3.63) is 60.5 Å². The van der Waals surface area contributed by atoms with E-state index in [1.54, 1.807) is 12.1 Å². The molecule has 5 heteroatoms. The highest BCUT2D eigenvalue weighted by Crippen LogP contribution is 2.18. The Morgan fingerprint density at radius 3 is 2.70 bits per heavy atom. The number of rotatable bonds is 4. The molecule has 0 aliphatic heterocycles. The highest BCUT2D eigenvalue weighted by atomic mass is 16.5. The molecule has 1 heterocycles. The molecule has 0 aliphatic rings. The van der Waals surface area contributed by atoms with Crippen LogP contribution in [0, 0.1) is 0 Å². The van der Waals surface area contributed by atoms with E-state index in [2.05, 4.69) is 10.1 Å². The standard InChI is InChI=1S/C15H13N3O2/c16-12-7-4-8-13(9-12)19-10-14-17-15(18-20-14)11-5-2-1-3-6-11/h1-9H,10,16H2. The quantitative estimate of drug-likeness (QED) is 0.736. The van der Waals surface area contributed by atoms with E-state index in [1.165, 1.54) is 0 Å². The molecule has 20 heavy (non-hydrogen) atoms. The van der Waals surface area contributed by atoms with Gasteiger partial charge in [-0.2, -0.15) is 4.98 Å². The van der Waals surface area contributed by atoms with Crippen molar-refractivity contribution in [2.75, 3.05) is 5.73 Å². The lowest BCUT2D eigenvalue weighted by Gasteiger charge is -2.03. The number of hydrogen-bond acceptors (Lipinski definition) is 5. The van der Waals surface area contributed by atoms with Gasteiger partial charge in [-0.3, -0.25) is 0 Å². The molecule has 0 unspecified atom stereocenters. The SMILES string of the molecule is Nc1cccc(OCc2nc(-c3ccccc3)no2)c1. The van der Waals surface area contributed by atoms with Crippen LogP contribution < -0.4 is 10.5 Å². The van der Waals surface area contributed by atoms with Gasteiger partial charge < -0.3 is 15.0 Å². The van der Waals surface area contributed by atoms with E-state index in [-0.39, 0.29) is 6.61 Å². The Bertz CT molecular complexity index is 695. The molecule has 0 bridgehead atoms. The molecule has 0 saturated heterocycles. The van der Waals surface area contributed by atoms with Crippen molar-refractivity contribution in [3.63, 3.8) is 0 Å². The van der Waals surface area contributed by atoms with Gasteiger partial charge in [-0.25, -0.2) is 0 Å². The molecule has 2 N–H and O–H groups in total. The smallest absolute Gasteiger partial charge is 0.264 e. The molecule has 3 aromatic rings. The van der Waals surface area contributed by atoms with Crippen molar-refractivity contribution >= 4 is 5.69 Å². The van der Waals surface area contributed by atoms with Gasteiger partial charge in [-0.15, -0.1) is 0 Å². The second kappa shape index (κ2) is 5.44. The number of hydrogen-bond donors (Lipinski definition) is 1. The third-order valence-electron chi connectivity index (χ3n) is 2.72. The lowest BCUT2D eigenvalue weighted by Crippen LogP contribution is -1.96. The van der Waals surface area contributed by atoms with Gasteiger partial charge in [-0.1, -0.05) is 41.6 Å². The first-order chi connectivity index (χ1) is 9.81. The summed E-state index contributed by atoms with van der Waals surface area (Å²) in [7, 11) is 0. The highest BCUT2D eigenvalue weighted by molar-refractivity contribution is 5.53. The molecule has 0 fully saturated rings. The number of benzene rings is 2. The van der Waals surface area contributed by atoms with E-state index >= 15 is 0 Å². The first kappa shape index (κ1) is 12.2. The van der Waals surface area contributed by atoms with E-state index in [0.29, 0.717) is 23.2 Å². The van der Waals surface area contributed by atoms with E-state index in [4.69, 9.17) is 15.0 Å². The van der Waals surface area contributed by atoms with Crippen LogP contribution in [0.15, 0.2) is 59.1 Å². The largest absolute Gasteiger partial charge is 0.484 e. The second-order valence-electron chi connectivity index (χ2n) is 4.24. The van der Waals surface area contributed by atoms with Gasteiger partial charge in [0.15, 0.2) is 6.61 Å². The number of anilines is 1. The molecular formula is C15H13N3O2. The minimum Gasteiger partial charge on any atom is -0.484 e. The summed E-state index contributed by atoms with van der Waals surface area (Å²) in [5, 5.41) is 3.93. The maximum absolute atomic E-state index is 5.68. The van der Waals surface area contributed by atoms with Crippen LogP contribution in [-0.4, -0.2) is 10.1 Å². The number of nitrogens with zero attached hydrogens (tertiary/aromatic N) is 2. The van der Waals surface area contributed by atoms with Crippen molar-refractivity contribution in [1.82, 2.24) is 10.1 Å². The van der Waals surface area contributed by atoms with Crippen molar-refractivity contribution in [3.8, 4) is 17.1 Å². The molecule has 2 aromatic carbocycles. The first-order valence-corrected chi connectivity index (χ1v) is 6.17. The Labute approximate surface area is 116 Å². The lowest BCUT2D eigenvalue weighted by atomic mass is 10.2. The van der Waals surface area contributed by atoms with Gasteiger partial charge >= 0.3 is 0 Å². The molecule has 0 spiro atoms. The third kappa shape index (κ3) is 2.77. The van der Waals surface area contributed by atoms with Gasteiger partial charge in [0, 0.05) is 17.3 Å². The van der Waals surface area contributed by atoms with Crippen LogP contribution in [0.25, 0.3) is 11.4 Å². The van der Waals surface area contributed by atoms with Crippen LogP contribution in [0.3, 0.4) is 0 Å². The Morgan fingerprint density at radius 2 is 1.90 bits per heavy atom. The molecule has 0 aliphatic carbocycles. The first-order valence-electron chi connectivity index (χ1n) is 6.17. The molecule has 0 amide bonds. The van der Waals surface area contributed by atoms with Crippen LogP contribution in [0.1, 0.15) is 5.89 Å². The Balaban J connectivity index is 1.69. The number of nitrogens with two attached hydrogens (primary N) is 1. The number of aromatic nitrogens is 2. The van der Waals surface area contributed by atoms with E-state index < -0.39 is 0 Å². The van der Waals surface area contributed by atoms with Gasteiger partial charge in [0.25, 0.3) is 5.89 Å². The summed E-state index contributed by atoms with van der Waals surface area (Å²) in [6.45, 7) is 0.212. The van der Waals surface area contributed by atoms with Gasteiger partial charge in [0.1, 0.15) is 5.75 Å². The zero-order valence-corrected chi connectivity index (χ0v) is 10.7. The molecule has 0 saturated carbocycles. The number of ether oxygens (including phenoxy) is 1. The Hall–Kier alpha value is -2.82. The predicted molar refractivity (Wildman–Crippen MR) is 74.9 cm³/mol. The minimum atomic E-state index is 0.212. The van der Waals surface area contributed by atoms with E-state index in [0.717, 1.165) is 5.56 Å². The van der Waals surface area contributed by atoms with Crippen molar-refractivity contribution < 1.29 is 9.26 Å². The van der Waals surface area contributed by atoms with Crippen molar-refractivity contribution in [2.45, 2.75) is 6.61 Å². The topological polar surface area (TPSA) is 74.2 Å². The lowest BCUT2D eigenvalue weighted by molar-refractivity contribution is 0.243. The van der Waals surface area contributed by atoms with Crippen molar-refractivity contribution in [1.29, 1.82) is 0 Å². The maximum Gasteiger partial charge on any atom is 0.264 e. The van der Waals surface area contributed by atoms with E-state index in [9.17, 15) is 0 Å². The average Bonchev–Trinajstić information content (AvgIpc) is 2.95. The monoisotopic (exact) mass is 267 g/mol. The second-order valence-corrected chi connectivity index (χ2v) is 4.24. The summed E-state index contributed by atoms with van der Waals surface area (Å²) in [6.07, 6.45) is 0. The van der Waals surface area contributed by atoms with Gasteiger partial charge in [-0.05, 0) is 12.1 Å². The van der Waals surface area contributed by atoms with Crippen molar-refractivity contribution in [2.24, 2.45) is 0 Å². The van der Waals surface area contributed by atoms with Crippen LogP contribution in [-0.2, 0) is 6.61 Å². The van der Waals surface area contributed by atoms with Gasteiger partial charge in [0.2, 0.25) is 5.82 Å². The fraction of sp³-hybridized carbons (Fsp3) is 0.0667. The number of nitrogen functional groups attached to an aromatic ring is 1. The zero-order chi connectivity index (χ0) is 13.8. The molecule has 3 rings (SSSR count). The molecular weight excluding hydrogens is 254 g/mol. The maximum atomic E-state index is 5.68. The summed E-state index contributed by atoms with van der Waals surface area (Å²) in [5.74, 6) is 1.65. The van der Waals surface area contributed by atoms with E-state index in [1.807, 2.05) is 42.5 Å². The summed E-state index contributed by atoms with van der Waals surface area (Å²) in [4.78, 5) is 4.28. The average molecular weight is 267 g/mol. The van der Waals surface area contributed by atoms with Crippen LogP contribution in [0.2, 0.25) is 0 Å². The predicted octanol–water partition coefficient (Wildman–Crippen LogP) is 2.90. The minimum absolute atomic E-state index is 0.212. The van der Waals surface area contributed by atoms with Crippen LogP contribution in [0.4, 0.5) is 5.69 Å². The fourth-order valence-electron chi connectivity index (χ4n) is 1.77. The summed E-state index contributed by atoms with van der Waals surface area (Å²) in [6, 6.07) is 16.8. The Kier molecular flexibility index (Phi) is 3.33. The summed E-state index contributed by atoms with van der Waals surface area (Å²) in [5.41, 5.74) is 7.24. The molecule has 0 atom stereocenters. The summed E-state index contributed by atoms with van der Waals surface area (Å²) < 4.78 is 10.7. The fourth-order valence-corrected chi connectivity index (χ4v) is 1.77. The highest BCUT2D eigenvalue weighted by Gasteiger charge is 2.08. The molecule has 100 valence electrons. The zero-order valence-electron chi connectivity index (χ0n) is 10.7. The molecule has 0 radical (unpaired) electrons. The van der Waals surface area contributed by atoms with Crippen LogP contribution in [0.5, 0.6) is 5.75 Å². The third-order valence-corrected chi connectivity index (χ3v) is 2.72. The van der Waals surface area contributed by atoms with Crippen LogP contribution >= 0.6 is 0 Å². The summed E-state index contributed by atoms with van der Waals surface area (Å²) >= 11 is 0. The molecule has 5 nitrogen and oxygen atoms in total. The molecule has 1 aromatic heterocycles. The van der Waals surface area contributed by atoms with Gasteiger partial charge in [0.05, 0.1) is 0 Å². The Morgan fingerprint density at radius 1 is 1.05 bits per heavy atom. The normalized spacial score (nSPS) is 10.4.